The van der Waals surface area contributed by atoms with Crippen molar-refractivity contribution in [2.75, 3.05) is 0 Å². The molecule has 1 aliphatic carbocycles. The van der Waals surface area contributed by atoms with E-state index in [-0.39, 0.29) is 18.9 Å². The quantitative estimate of drug-likeness (QED) is 0.747. The van der Waals surface area contributed by atoms with Crippen molar-refractivity contribution in [3.8, 4) is 0 Å². The van der Waals surface area contributed by atoms with Crippen LogP contribution in [0.25, 0.3) is 0 Å². The number of Topliss-reactive ketones (excluding diaryl/α,β-unsaturated/α-hetero) is 1. The Labute approximate surface area is 134 Å². The lowest BCUT2D eigenvalue weighted by Crippen LogP contribution is -2.40. The summed E-state index contributed by atoms with van der Waals surface area (Å²) in [6.07, 6.45) is 0.991. The maximum atomic E-state index is 11.5. The van der Waals surface area contributed by atoms with Crippen LogP contribution < -0.4 is 0 Å². The highest BCUT2D eigenvalue weighted by molar-refractivity contribution is 6.33. The van der Waals surface area contributed by atoms with Gasteiger partial charge in [-0.1, -0.05) is 30.3 Å². The van der Waals surface area contributed by atoms with Crippen molar-refractivity contribution in [3.05, 3.63) is 35.9 Å². The summed E-state index contributed by atoms with van der Waals surface area (Å²) in [7, 11) is 0. The van der Waals surface area contributed by atoms with Crippen LogP contribution in [0.1, 0.15) is 37.7 Å². The van der Waals surface area contributed by atoms with Gasteiger partial charge in [0.2, 0.25) is 5.78 Å². The second kappa shape index (κ2) is 7.37. The first-order valence-corrected chi connectivity index (χ1v) is 7.58. The van der Waals surface area contributed by atoms with Crippen LogP contribution in [0, 0.1) is 5.41 Å². The maximum absolute atomic E-state index is 11.5. The van der Waals surface area contributed by atoms with Crippen molar-refractivity contribution in [1.82, 2.24) is 0 Å². The van der Waals surface area contributed by atoms with E-state index in [0.29, 0.717) is 19.4 Å². The number of aliphatic carboxylic acids is 2. The van der Waals surface area contributed by atoms with Gasteiger partial charge >= 0.3 is 11.9 Å². The van der Waals surface area contributed by atoms with E-state index < -0.39 is 29.6 Å². The predicted octanol–water partition coefficient (Wildman–Crippen LogP) is 2.26. The molecule has 2 N–H and O–H groups in total. The van der Waals surface area contributed by atoms with Gasteiger partial charge in [-0.2, -0.15) is 0 Å². The van der Waals surface area contributed by atoms with E-state index >= 15 is 0 Å². The van der Waals surface area contributed by atoms with Gasteiger partial charge in [-0.05, 0) is 31.2 Å². The van der Waals surface area contributed by atoms with Gasteiger partial charge in [-0.3, -0.25) is 9.59 Å². The lowest BCUT2D eigenvalue weighted by molar-refractivity contribution is -0.159. The summed E-state index contributed by atoms with van der Waals surface area (Å²) >= 11 is 0. The molecular formula is C17H20O6. The Bertz CT molecular complexity index is 572. The molecule has 0 saturated heterocycles. The molecule has 0 atom stereocenters. The Balaban J connectivity index is 1.90. The fourth-order valence-corrected chi connectivity index (χ4v) is 2.95. The lowest BCUT2D eigenvalue weighted by atomic mass is 9.70. The van der Waals surface area contributed by atoms with E-state index in [9.17, 15) is 19.5 Å². The minimum Gasteiger partial charge on any atom is -0.481 e. The van der Waals surface area contributed by atoms with Crippen LogP contribution in [0.3, 0.4) is 0 Å². The second-order valence-electron chi connectivity index (χ2n) is 5.99. The Morgan fingerprint density at radius 2 is 1.70 bits per heavy atom. The number of benzene rings is 1. The number of hydrogen-bond acceptors (Lipinski definition) is 4. The van der Waals surface area contributed by atoms with Crippen LogP contribution in [-0.2, 0) is 25.7 Å². The highest BCUT2D eigenvalue weighted by Gasteiger charge is 2.44. The predicted molar refractivity (Wildman–Crippen MR) is 80.8 cm³/mol. The largest absolute Gasteiger partial charge is 0.481 e. The molecule has 1 saturated carbocycles. The molecule has 0 amide bonds. The van der Waals surface area contributed by atoms with Gasteiger partial charge in [-0.15, -0.1) is 0 Å². The number of ketones is 1. The van der Waals surface area contributed by atoms with Crippen LogP contribution in [0.4, 0.5) is 0 Å². The van der Waals surface area contributed by atoms with Crippen LogP contribution >= 0.6 is 0 Å². The average molecular weight is 320 g/mol. The van der Waals surface area contributed by atoms with Crippen molar-refractivity contribution in [3.63, 3.8) is 0 Å². The third-order valence-electron chi connectivity index (χ3n) is 4.41. The van der Waals surface area contributed by atoms with Crippen molar-refractivity contribution < 1.29 is 29.3 Å². The Kier molecular flexibility index (Phi) is 5.50. The normalized spacial score (nSPS) is 24.1. The number of carboxylic acid groups (broad SMARTS) is 2. The SMILES string of the molecule is O=C(O)C(=O)CC1(C(=O)O)CCC(OCc2ccccc2)CC1. The van der Waals surface area contributed by atoms with Crippen LogP contribution in [-0.4, -0.2) is 34.0 Å². The third-order valence-corrected chi connectivity index (χ3v) is 4.41. The van der Waals surface area contributed by atoms with Crippen molar-refractivity contribution in [2.24, 2.45) is 5.41 Å². The number of carbonyl (C=O) groups is 3. The summed E-state index contributed by atoms with van der Waals surface area (Å²) < 4.78 is 5.80. The number of rotatable bonds is 7. The van der Waals surface area contributed by atoms with Gasteiger partial charge in [-0.25, -0.2) is 4.79 Å². The topological polar surface area (TPSA) is 101 Å². The summed E-state index contributed by atoms with van der Waals surface area (Å²) in [6.45, 7) is 0.458. The molecule has 0 unspecified atom stereocenters. The summed E-state index contributed by atoms with van der Waals surface area (Å²) in [5.41, 5.74) is -0.231. The third kappa shape index (κ3) is 4.39. The zero-order chi connectivity index (χ0) is 16.9. The van der Waals surface area contributed by atoms with Crippen LogP contribution in [0.2, 0.25) is 0 Å². The molecule has 1 fully saturated rings. The van der Waals surface area contributed by atoms with Gasteiger partial charge in [0.25, 0.3) is 0 Å². The number of hydrogen-bond donors (Lipinski definition) is 2. The summed E-state index contributed by atoms with van der Waals surface area (Å²) in [5.74, 6) is -3.72. The molecule has 0 spiro atoms. The summed E-state index contributed by atoms with van der Waals surface area (Å²) in [6, 6.07) is 9.68. The monoisotopic (exact) mass is 320 g/mol. The fraction of sp³-hybridized carbons (Fsp3) is 0.471. The molecular weight excluding hydrogens is 300 g/mol. The molecule has 1 aromatic carbocycles. The maximum Gasteiger partial charge on any atom is 0.372 e. The lowest BCUT2D eigenvalue weighted by Gasteiger charge is -2.36. The molecule has 23 heavy (non-hydrogen) atoms. The fourth-order valence-electron chi connectivity index (χ4n) is 2.95. The van der Waals surface area contributed by atoms with E-state index in [1.807, 2.05) is 30.3 Å². The molecule has 0 bridgehead atoms. The zero-order valence-electron chi connectivity index (χ0n) is 12.7. The molecule has 1 aromatic rings. The van der Waals surface area contributed by atoms with Gasteiger partial charge in [0.05, 0.1) is 18.1 Å². The molecule has 0 aliphatic heterocycles. The minimum atomic E-state index is -1.58. The molecule has 124 valence electrons. The number of carboxylic acids is 2. The van der Waals surface area contributed by atoms with Crippen LogP contribution in [0.5, 0.6) is 0 Å². The first kappa shape index (κ1) is 17.1. The highest BCUT2D eigenvalue weighted by atomic mass is 16.5. The molecule has 0 aromatic heterocycles. The number of carbonyl (C=O) groups excluding carboxylic acids is 1. The first-order chi connectivity index (χ1) is 10.9. The smallest absolute Gasteiger partial charge is 0.372 e. The van der Waals surface area contributed by atoms with E-state index in [1.165, 1.54) is 0 Å². The summed E-state index contributed by atoms with van der Waals surface area (Å²) in [4.78, 5) is 33.6. The molecule has 6 nitrogen and oxygen atoms in total. The van der Waals surface area contributed by atoms with Gasteiger partial charge in [0, 0.05) is 6.42 Å². The van der Waals surface area contributed by atoms with E-state index in [4.69, 9.17) is 9.84 Å². The standard InChI is InChI=1S/C17H20O6/c18-14(15(19)20)10-17(16(21)22)8-6-13(7-9-17)23-11-12-4-2-1-3-5-12/h1-5,13H,6-11H2,(H,19,20)(H,21,22). The van der Waals surface area contributed by atoms with E-state index in [2.05, 4.69) is 0 Å². The number of ether oxygens (including phenoxy) is 1. The van der Waals surface area contributed by atoms with Crippen molar-refractivity contribution in [2.45, 2.75) is 44.8 Å². The Hall–Kier alpha value is -2.21. The molecule has 0 heterocycles. The zero-order valence-corrected chi connectivity index (χ0v) is 12.7. The molecule has 1 aliphatic rings. The van der Waals surface area contributed by atoms with Crippen LogP contribution in [0.15, 0.2) is 30.3 Å². The Morgan fingerprint density at radius 1 is 1.09 bits per heavy atom. The van der Waals surface area contributed by atoms with E-state index in [1.54, 1.807) is 0 Å². The minimum absolute atomic E-state index is 0.0670. The van der Waals surface area contributed by atoms with Crippen molar-refractivity contribution >= 4 is 17.7 Å². The molecule has 0 radical (unpaired) electrons. The van der Waals surface area contributed by atoms with Gasteiger partial charge in [0.1, 0.15) is 0 Å². The average Bonchev–Trinajstić information content (AvgIpc) is 2.55. The van der Waals surface area contributed by atoms with Crippen molar-refractivity contribution in [1.29, 1.82) is 0 Å². The molecule has 6 heteroatoms. The Morgan fingerprint density at radius 3 is 2.22 bits per heavy atom. The van der Waals surface area contributed by atoms with Gasteiger partial charge < -0.3 is 14.9 Å². The van der Waals surface area contributed by atoms with Gasteiger partial charge in [0.15, 0.2) is 0 Å². The highest BCUT2D eigenvalue weighted by Crippen LogP contribution is 2.41. The first-order valence-electron chi connectivity index (χ1n) is 7.58. The molecule has 2 rings (SSSR count). The second-order valence-corrected chi connectivity index (χ2v) is 5.99. The van der Waals surface area contributed by atoms with E-state index in [0.717, 1.165) is 5.56 Å². The summed E-state index contributed by atoms with van der Waals surface area (Å²) in [5, 5.41) is 18.1.